The first-order valence-electron chi connectivity index (χ1n) is 6.05. The van der Waals surface area contributed by atoms with Gasteiger partial charge >= 0.3 is 5.97 Å². The van der Waals surface area contributed by atoms with Gasteiger partial charge in [0.15, 0.2) is 0 Å². The first-order valence-corrected chi connectivity index (χ1v) is 7.75. The molecule has 0 aliphatic carbocycles. The van der Waals surface area contributed by atoms with Gasteiger partial charge in [-0.2, -0.15) is 0 Å². The van der Waals surface area contributed by atoms with Crippen molar-refractivity contribution in [1.29, 1.82) is 0 Å². The topological polar surface area (TPSA) is 40.5 Å². The van der Waals surface area contributed by atoms with Gasteiger partial charge < -0.3 is 5.11 Å². The first kappa shape index (κ1) is 14.2. The van der Waals surface area contributed by atoms with E-state index in [0.717, 1.165) is 17.0 Å². The second kappa shape index (κ2) is 5.86. The van der Waals surface area contributed by atoms with Gasteiger partial charge in [0.05, 0.1) is 0 Å². The van der Waals surface area contributed by atoms with Gasteiger partial charge in [0.2, 0.25) is 0 Å². The van der Waals surface area contributed by atoms with E-state index >= 15 is 0 Å². The van der Waals surface area contributed by atoms with Crippen molar-refractivity contribution in [3.05, 3.63) is 43.8 Å². The van der Waals surface area contributed by atoms with Crippen molar-refractivity contribution in [3.63, 3.8) is 0 Å². The Labute approximate surface area is 121 Å². The first-order chi connectivity index (χ1) is 8.99. The molecule has 0 fully saturated rings. The normalized spacial score (nSPS) is 12.8. The van der Waals surface area contributed by atoms with E-state index < -0.39 is 5.97 Å². The summed E-state index contributed by atoms with van der Waals surface area (Å²) < 4.78 is 0. The average molecular weight is 295 g/mol. The molecule has 2 aromatic heterocycles. The molecular formula is C14H17NO2S2. The van der Waals surface area contributed by atoms with Crippen molar-refractivity contribution in [2.45, 2.75) is 26.4 Å². The lowest BCUT2D eigenvalue weighted by molar-refractivity contribution is 0.0702. The van der Waals surface area contributed by atoms with Gasteiger partial charge in [-0.1, -0.05) is 6.07 Å². The molecule has 0 aliphatic rings. The summed E-state index contributed by atoms with van der Waals surface area (Å²) in [6.45, 7) is 4.93. The fourth-order valence-corrected chi connectivity index (χ4v) is 3.66. The second-order valence-corrected chi connectivity index (χ2v) is 6.84. The van der Waals surface area contributed by atoms with Gasteiger partial charge in [-0.25, -0.2) is 4.79 Å². The van der Waals surface area contributed by atoms with Crippen molar-refractivity contribution in [1.82, 2.24) is 4.90 Å². The minimum Gasteiger partial charge on any atom is -0.477 e. The van der Waals surface area contributed by atoms with Gasteiger partial charge in [0.1, 0.15) is 4.88 Å². The fourth-order valence-electron chi connectivity index (χ4n) is 1.93. The van der Waals surface area contributed by atoms with Crippen LogP contribution in [0.4, 0.5) is 0 Å². The molecule has 0 saturated carbocycles. The summed E-state index contributed by atoms with van der Waals surface area (Å²) in [4.78, 5) is 16.0. The lowest BCUT2D eigenvalue weighted by Gasteiger charge is -2.23. The molecule has 1 N–H and O–H groups in total. The molecule has 19 heavy (non-hydrogen) atoms. The van der Waals surface area contributed by atoms with E-state index in [1.54, 1.807) is 17.4 Å². The largest absolute Gasteiger partial charge is 0.477 e. The molecule has 0 spiro atoms. The van der Waals surface area contributed by atoms with Crippen LogP contribution in [0.5, 0.6) is 0 Å². The number of aryl methyl sites for hydroxylation is 1. The summed E-state index contributed by atoms with van der Waals surface area (Å²) >= 11 is 3.10. The van der Waals surface area contributed by atoms with Crippen molar-refractivity contribution in [3.8, 4) is 0 Å². The Bertz CT molecular complexity index is 560. The van der Waals surface area contributed by atoms with Crippen LogP contribution in [0.3, 0.4) is 0 Å². The molecule has 0 aromatic carbocycles. The van der Waals surface area contributed by atoms with Crippen molar-refractivity contribution in [2.24, 2.45) is 0 Å². The predicted octanol–water partition coefficient (Wildman–Crippen LogP) is 4.01. The summed E-state index contributed by atoms with van der Waals surface area (Å²) in [5, 5.41) is 11.1. The van der Waals surface area contributed by atoms with Gasteiger partial charge in [-0.3, -0.25) is 4.90 Å². The quantitative estimate of drug-likeness (QED) is 0.906. The van der Waals surface area contributed by atoms with Crippen LogP contribution in [0.15, 0.2) is 23.6 Å². The van der Waals surface area contributed by atoms with Gasteiger partial charge in [0, 0.05) is 22.3 Å². The van der Waals surface area contributed by atoms with E-state index in [9.17, 15) is 4.79 Å². The Balaban J connectivity index is 2.10. The number of hydrogen-bond acceptors (Lipinski definition) is 4. The van der Waals surface area contributed by atoms with E-state index in [2.05, 4.69) is 36.4 Å². The number of carboxylic acid groups (broad SMARTS) is 1. The molecule has 2 rings (SSSR count). The minimum absolute atomic E-state index is 0.340. The summed E-state index contributed by atoms with van der Waals surface area (Å²) in [5.41, 5.74) is 1.10. The van der Waals surface area contributed by atoms with Crippen molar-refractivity contribution >= 4 is 28.6 Å². The molecule has 1 unspecified atom stereocenters. The van der Waals surface area contributed by atoms with Crippen LogP contribution in [-0.2, 0) is 6.54 Å². The van der Waals surface area contributed by atoms with Crippen LogP contribution in [0.25, 0.3) is 0 Å². The van der Waals surface area contributed by atoms with Gasteiger partial charge in [-0.05, 0) is 44.0 Å². The molecule has 0 saturated heterocycles. The van der Waals surface area contributed by atoms with Crippen LogP contribution < -0.4 is 0 Å². The van der Waals surface area contributed by atoms with Gasteiger partial charge in [0.25, 0.3) is 0 Å². The highest BCUT2D eigenvalue weighted by molar-refractivity contribution is 7.14. The molecule has 2 aromatic rings. The standard InChI is InChI=1S/C14H17NO2S2/c1-9(12-5-4-6-18-12)15(3)8-11-7-13(14(16)17)19-10(11)2/h4-7,9H,8H2,1-3H3,(H,16,17). The third-order valence-corrected chi connectivity index (χ3v) is 5.39. The zero-order valence-corrected chi connectivity index (χ0v) is 12.8. The number of nitrogens with zero attached hydrogens (tertiary/aromatic N) is 1. The highest BCUT2D eigenvalue weighted by atomic mass is 32.1. The van der Waals surface area contributed by atoms with E-state index in [1.165, 1.54) is 16.2 Å². The third kappa shape index (κ3) is 3.23. The van der Waals surface area contributed by atoms with Crippen molar-refractivity contribution < 1.29 is 9.90 Å². The van der Waals surface area contributed by atoms with Crippen LogP contribution in [-0.4, -0.2) is 23.0 Å². The Kier molecular flexibility index (Phi) is 4.39. The molecule has 2 heterocycles. The molecule has 102 valence electrons. The number of rotatable bonds is 5. The van der Waals surface area contributed by atoms with E-state index in [0.29, 0.717) is 10.9 Å². The molecule has 0 aliphatic heterocycles. The molecule has 1 atom stereocenters. The summed E-state index contributed by atoms with van der Waals surface area (Å²) in [7, 11) is 2.07. The number of carboxylic acids is 1. The van der Waals surface area contributed by atoms with Crippen LogP contribution in [0.2, 0.25) is 0 Å². The number of carbonyl (C=O) groups is 1. The lowest BCUT2D eigenvalue weighted by atomic mass is 10.2. The van der Waals surface area contributed by atoms with Crippen LogP contribution in [0.1, 0.15) is 38.0 Å². The van der Waals surface area contributed by atoms with Crippen LogP contribution in [0, 0.1) is 6.92 Å². The summed E-state index contributed by atoms with van der Waals surface area (Å²) in [6, 6.07) is 6.32. The number of aromatic carboxylic acids is 1. The maximum absolute atomic E-state index is 11.0. The molecule has 5 heteroatoms. The fraction of sp³-hybridized carbons (Fsp3) is 0.357. The average Bonchev–Trinajstić information content (AvgIpc) is 2.99. The summed E-state index contributed by atoms with van der Waals surface area (Å²) in [5.74, 6) is -0.840. The Hall–Kier alpha value is -1.17. The number of hydrogen-bond donors (Lipinski definition) is 1. The maximum atomic E-state index is 11.0. The Morgan fingerprint density at radius 1 is 1.53 bits per heavy atom. The van der Waals surface area contributed by atoms with E-state index in [4.69, 9.17) is 5.11 Å². The van der Waals surface area contributed by atoms with E-state index in [1.807, 2.05) is 6.92 Å². The molecule has 3 nitrogen and oxygen atoms in total. The second-order valence-electron chi connectivity index (χ2n) is 4.60. The molecule has 0 amide bonds. The Morgan fingerprint density at radius 2 is 2.26 bits per heavy atom. The van der Waals surface area contributed by atoms with Crippen molar-refractivity contribution in [2.75, 3.05) is 7.05 Å². The summed E-state index contributed by atoms with van der Waals surface area (Å²) in [6.07, 6.45) is 0. The molecular weight excluding hydrogens is 278 g/mol. The molecule has 0 radical (unpaired) electrons. The predicted molar refractivity (Wildman–Crippen MR) is 80.2 cm³/mol. The Morgan fingerprint density at radius 3 is 2.79 bits per heavy atom. The van der Waals surface area contributed by atoms with E-state index in [-0.39, 0.29) is 0 Å². The maximum Gasteiger partial charge on any atom is 0.345 e. The number of thiophene rings is 2. The zero-order chi connectivity index (χ0) is 14.0. The van der Waals surface area contributed by atoms with Crippen LogP contribution >= 0.6 is 22.7 Å². The zero-order valence-electron chi connectivity index (χ0n) is 11.2. The minimum atomic E-state index is -0.840. The molecule has 0 bridgehead atoms. The lowest BCUT2D eigenvalue weighted by Crippen LogP contribution is -2.21. The van der Waals surface area contributed by atoms with Gasteiger partial charge in [-0.15, -0.1) is 22.7 Å². The highest BCUT2D eigenvalue weighted by Gasteiger charge is 2.16. The highest BCUT2D eigenvalue weighted by Crippen LogP contribution is 2.28. The smallest absolute Gasteiger partial charge is 0.345 e. The monoisotopic (exact) mass is 295 g/mol. The third-order valence-electron chi connectivity index (χ3n) is 3.27. The SMILES string of the molecule is Cc1sc(C(=O)O)cc1CN(C)C(C)c1cccs1.